The summed E-state index contributed by atoms with van der Waals surface area (Å²) >= 11 is 0. The minimum absolute atomic E-state index is 0.109. The zero-order chi connectivity index (χ0) is 12.5. The normalized spacial score (nSPS) is 10.0. The third-order valence-electron chi connectivity index (χ3n) is 2.49. The highest BCUT2D eigenvalue weighted by molar-refractivity contribution is 5.69. The van der Waals surface area contributed by atoms with Gasteiger partial charge in [-0.05, 0) is 30.9 Å². The van der Waals surface area contributed by atoms with Gasteiger partial charge in [-0.3, -0.25) is 4.79 Å². The van der Waals surface area contributed by atoms with Crippen LogP contribution in [0.5, 0.6) is 5.75 Å². The maximum absolute atomic E-state index is 11.3. The van der Waals surface area contributed by atoms with E-state index in [1.165, 1.54) is 0 Å². The van der Waals surface area contributed by atoms with Gasteiger partial charge in [0.05, 0.1) is 13.7 Å². The van der Waals surface area contributed by atoms with Crippen molar-refractivity contribution in [1.29, 1.82) is 0 Å². The number of para-hydroxylation sites is 1. The molecule has 0 aromatic heterocycles. The van der Waals surface area contributed by atoms with Crippen LogP contribution < -0.4 is 4.74 Å². The number of aryl methyl sites for hydroxylation is 1. The van der Waals surface area contributed by atoms with E-state index in [2.05, 4.69) is 0 Å². The number of carbonyl (C=O) groups excluding carboxylic acids is 1. The maximum atomic E-state index is 11.3. The Hall–Kier alpha value is -1.51. The van der Waals surface area contributed by atoms with Gasteiger partial charge in [-0.25, -0.2) is 0 Å². The molecular weight excluding hydrogens is 216 g/mol. The Kier molecular flexibility index (Phi) is 6.15. The van der Waals surface area contributed by atoms with Crippen molar-refractivity contribution < 1.29 is 14.3 Å². The molecule has 0 aliphatic rings. The summed E-state index contributed by atoms with van der Waals surface area (Å²) in [6.07, 6.45) is 2.98. The molecule has 0 amide bonds. The zero-order valence-electron chi connectivity index (χ0n) is 10.6. The molecule has 0 radical (unpaired) electrons. The molecule has 0 unspecified atom stereocenters. The number of hydrogen-bond acceptors (Lipinski definition) is 3. The van der Waals surface area contributed by atoms with Gasteiger partial charge < -0.3 is 9.47 Å². The van der Waals surface area contributed by atoms with Crippen molar-refractivity contribution in [1.82, 2.24) is 0 Å². The van der Waals surface area contributed by atoms with Gasteiger partial charge in [0.15, 0.2) is 0 Å². The Bertz CT molecular complexity index is 347. The van der Waals surface area contributed by atoms with Crippen LogP contribution in [0.3, 0.4) is 0 Å². The molecule has 0 N–H and O–H groups in total. The van der Waals surface area contributed by atoms with Crippen molar-refractivity contribution in [3.8, 4) is 5.75 Å². The average molecular weight is 236 g/mol. The van der Waals surface area contributed by atoms with Gasteiger partial charge in [0, 0.05) is 6.42 Å². The second-order valence-corrected chi connectivity index (χ2v) is 3.89. The molecule has 3 nitrogen and oxygen atoms in total. The molecule has 3 heteroatoms. The van der Waals surface area contributed by atoms with E-state index in [0.29, 0.717) is 13.0 Å². The number of hydrogen-bond donors (Lipinski definition) is 0. The summed E-state index contributed by atoms with van der Waals surface area (Å²) in [6.45, 7) is 2.51. The van der Waals surface area contributed by atoms with E-state index in [0.717, 1.165) is 30.6 Å². The van der Waals surface area contributed by atoms with Crippen molar-refractivity contribution in [3.63, 3.8) is 0 Å². The fourth-order valence-corrected chi connectivity index (χ4v) is 1.62. The number of carbonyl (C=O) groups is 1. The molecular formula is C14H20O3. The van der Waals surface area contributed by atoms with E-state index in [-0.39, 0.29) is 5.97 Å². The Morgan fingerprint density at radius 1 is 1.29 bits per heavy atom. The molecule has 0 fully saturated rings. The summed E-state index contributed by atoms with van der Waals surface area (Å²) in [7, 11) is 1.66. The minimum Gasteiger partial charge on any atom is -0.496 e. The summed E-state index contributed by atoms with van der Waals surface area (Å²) < 4.78 is 10.3. The summed E-state index contributed by atoms with van der Waals surface area (Å²) in [6, 6.07) is 7.88. The lowest BCUT2D eigenvalue weighted by molar-refractivity contribution is -0.143. The number of esters is 1. The quantitative estimate of drug-likeness (QED) is 0.683. The highest BCUT2D eigenvalue weighted by Crippen LogP contribution is 2.19. The molecule has 1 rings (SSSR count). The Balaban J connectivity index is 2.33. The molecule has 0 saturated heterocycles. The minimum atomic E-state index is -0.109. The van der Waals surface area contributed by atoms with Crippen molar-refractivity contribution in [2.45, 2.75) is 32.6 Å². The molecule has 0 heterocycles. The van der Waals surface area contributed by atoms with Gasteiger partial charge in [0.25, 0.3) is 0 Å². The van der Waals surface area contributed by atoms with Crippen molar-refractivity contribution >= 4 is 5.97 Å². The molecule has 0 bridgehead atoms. The summed E-state index contributed by atoms with van der Waals surface area (Å²) in [5.74, 6) is 0.774. The van der Waals surface area contributed by atoms with Crippen molar-refractivity contribution in [3.05, 3.63) is 29.8 Å². The van der Waals surface area contributed by atoms with Crippen LogP contribution in [-0.2, 0) is 16.0 Å². The fraction of sp³-hybridized carbons (Fsp3) is 0.500. The SMILES string of the molecule is CCCOC(=O)CCCc1ccccc1OC. The van der Waals surface area contributed by atoms with Crippen LogP contribution in [0.2, 0.25) is 0 Å². The highest BCUT2D eigenvalue weighted by atomic mass is 16.5. The lowest BCUT2D eigenvalue weighted by atomic mass is 10.1. The first-order valence-electron chi connectivity index (χ1n) is 6.05. The number of rotatable bonds is 7. The Morgan fingerprint density at radius 3 is 2.76 bits per heavy atom. The van der Waals surface area contributed by atoms with Crippen LogP contribution in [0.25, 0.3) is 0 Å². The standard InChI is InChI=1S/C14H20O3/c1-3-11-17-14(15)10-6-8-12-7-4-5-9-13(12)16-2/h4-5,7,9H,3,6,8,10-11H2,1-2H3. The molecule has 94 valence electrons. The molecule has 0 aliphatic carbocycles. The van der Waals surface area contributed by atoms with Crippen LogP contribution in [0.15, 0.2) is 24.3 Å². The first-order chi connectivity index (χ1) is 8.27. The van der Waals surface area contributed by atoms with E-state index in [9.17, 15) is 4.79 Å². The third-order valence-corrected chi connectivity index (χ3v) is 2.49. The van der Waals surface area contributed by atoms with Gasteiger partial charge in [0.2, 0.25) is 0 Å². The molecule has 0 saturated carbocycles. The highest BCUT2D eigenvalue weighted by Gasteiger charge is 2.05. The van der Waals surface area contributed by atoms with Gasteiger partial charge in [-0.1, -0.05) is 25.1 Å². The third kappa shape index (κ3) is 4.89. The van der Waals surface area contributed by atoms with Gasteiger partial charge in [0.1, 0.15) is 5.75 Å². The van der Waals surface area contributed by atoms with Crippen LogP contribution >= 0.6 is 0 Å². The number of methoxy groups -OCH3 is 1. The van der Waals surface area contributed by atoms with Crippen molar-refractivity contribution in [2.75, 3.05) is 13.7 Å². The van der Waals surface area contributed by atoms with Crippen LogP contribution in [0.1, 0.15) is 31.7 Å². The molecule has 1 aromatic rings. The summed E-state index contributed by atoms with van der Waals surface area (Å²) in [5, 5.41) is 0. The second-order valence-electron chi connectivity index (χ2n) is 3.89. The number of benzene rings is 1. The molecule has 0 atom stereocenters. The molecule has 0 spiro atoms. The predicted molar refractivity (Wildman–Crippen MR) is 67.2 cm³/mol. The zero-order valence-corrected chi connectivity index (χ0v) is 10.6. The largest absolute Gasteiger partial charge is 0.496 e. The average Bonchev–Trinajstić information content (AvgIpc) is 2.37. The van der Waals surface area contributed by atoms with Gasteiger partial charge in [-0.2, -0.15) is 0 Å². The lowest BCUT2D eigenvalue weighted by Crippen LogP contribution is -2.05. The van der Waals surface area contributed by atoms with Gasteiger partial charge >= 0.3 is 5.97 Å². The maximum Gasteiger partial charge on any atom is 0.305 e. The topological polar surface area (TPSA) is 35.5 Å². The van der Waals surface area contributed by atoms with Crippen LogP contribution in [-0.4, -0.2) is 19.7 Å². The van der Waals surface area contributed by atoms with E-state index in [4.69, 9.17) is 9.47 Å². The molecule has 0 aliphatic heterocycles. The van der Waals surface area contributed by atoms with Crippen LogP contribution in [0.4, 0.5) is 0 Å². The Morgan fingerprint density at radius 2 is 2.06 bits per heavy atom. The Labute approximate surface area is 103 Å². The first-order valence-corrected chi connectivity index (χ1v) is 6.05. The van der Waals surface area contributed by atoms with Gasteiger partial charge in [-0.15, -0.1) is 0 Å². The van der Waals surface area contributed by atoms with Crippen LogP contribution in [0, 0.1) is 0 Å². The number of ether oxygens (including phenoxy) is 2. The molecule has 1 aromatic carbocycles. The van der Waals surface area contributed by atoms with E-state index in [1.54, 1.807) is 7.11 Å². The summed E-state index contributed by atoms with van der Waals surface area (Å²) in [4.78, 5) is 11.3. The monoisotopic (exact) mass is 236 g/mol. The van der Waals surface area contributed by atoms with Crippen molar-refractivity contribution in [2.24, 2.45) is 0 Å². The van der Waals surface area contributed by atoms with E-state index >= 15 is 0 Å². The fourth-order valence-electron chi connectivity index (χ4n) is 1.62. The second kappa shape index (κ2) is 7.71. The first kappa shape index (κ1) is 13.6. The lowest BCUT2D eigenvalue weighted by Gasteiger charge is -2.07. The summed E-state index contributed by atoms with van der Waals surface area (Å²) in [5.41, 5.74) is 1.14. The van der Waals surface area contributed by atoms with E-state index in [1.807, 2.05) is 31.2 Å². The predicted octanol–water partition coefficient (Wildman–Crippen LogP) is 2.97. The smallest absolute Gasteiger partial charge is 0.305 e. The molecule has 17 heavy (non-hydrogen) atoms. The van der Waals surface area contributed by atoms with E-state index < -0.39 is 0 Å².